The second kappa shape index (κ2) is 5.96. The molecule has 0 aromatic heterocycles. The Morgan fingerprint density at radius 2 is 2.00 bits per heavy atom. The number of benzene rings is 1. The van der Waals surface area contributed by atoms with Crippen molar-refractivity contribution in [2.45, 2.75) is 44.8 Å². The fourth-order valence-electron chi connectivity index (χ4n) is 2.30. The maximum atomic E-state index is 13.2. The second-order valence-corrected chi connectivity index (χ2v) is 4.72. The molecular weight excluding hydrogens is 235 g/mol. The predicted octanol–water partition coefficient (Wildman–Crippen LogP) is 3.37. The Kier molecular flexibility index (Phi) is 4.31. The van der Waals surface area contributed by atoms with Gasteiger partial charge in [-0.05, 0) is 36.6 Å². The number of aromatic carboxylic acids is 1. The lowest BCUT2D eigenvalue weighted by molar-refractivity contribution is 0.0167. The number of carbonyl (C=O) groups is 1. The molecule has 0 saturated heterocycles. The van der Waals surface area contributed by atoms with E-state index in [0.29, 0.717) is 5.56 Å². The highest BCUT2D eigenvalue weighted by atomic mass is 19.1. The van der Waals surface area contributed by atoms with Gasteiger partial charge in [0.1, 0.15) is 5.82 Å². The molecule has 0 unspecified atom stereocenters. The molecule has 1 saturated carbocycles. The van der Waals surface area contributed by atoms with E-state index in [-0.39, 0.29) is 18.3 Å². The van der Waals surface area contributed by atoms with Crippen LogP contribution in [0.3, 0.4) is 0 Å². The molecule has 98 valence electrons. The van der Waals surface area contributed by atoms with Gasteiger partial charge >= 0.3 is 5.97 Å². The number of halogens is 1. The Balaban J connectivity index is 1.97. The third-order valence-electron chi connectivity index (χ3n) is 3.24. The molecule has 0 bridgehead atoms. The van der Waals surface area contributed by atoms with Crippen molar-refractivity contribution in [1.29, 1.82) is 0 Å². The summed E-state index contributed by atoms with van der Waals surface area (Å²) in [4.78, 5) is 10.8. The van der Waals surface area contributed by atoms with Crippen molar-refractivity contribution in [3.05, 3.63) is 35.1 Å². The number of ether oxygens (including phenoxy) is 1. The monoisotopic (exact) mass is 252 g/mol. The van der Waals surface area contributed by atoms with Crippen LogP contribution in [0.1, 0.15) is 48.0 Å². The number of hydrogen-bond acceptors (Lipinski definition) is 2. The van der Waals surface area contributed by atoms with Crippen LogP contribution in [-0.2, 0) is 11.3 Å². The zero-order valence-electron chi connectivity index (χ0n) is 10.2. The number of rotatable bonds is 4. The summed E-state index contributed by atoms with van der Waals surface area (Å²) in [6, 6.07) is 3.82. The van der Waals surface area contributed by atoms with Crippen LogP contribution in [0.5, 0.6) is 0 Å². The van der Waals surface area contributed by atoms with Crippen LogP contribution >= 0.6 is 0 Å². The van der Waals surface area contributed by atoms with Gasteiger partial charge in [-0.25, -0.2) is 9.18 Å². The van der Waals surface area contributed by atoms with Gasteiger partial charge < -0.3 is 9.84 Å². The van der Waals surface area contributed by atoms with E-state index < -0.39 is 11.8 Å². The maximum absolute atomic E-state index is 13.2. The molecule has 1 aliphatic rings. The van der Waals surface area contributed by atoms with Crippen molar-refractivity contribution in [2.75, 3.05) is 0 Å². The first-order chi connectivity index (χ1) is 8.65. The summed E-state index contributed by atoms with van der Waals surface area (Å²) in [5, 5.41) is 8.84. The zero-order valence-corrected chi connectivity index (χ0v) is 10.2. The van der Waals surface area contributed by atoms with Crippen LogP contribution < -0.4 is 0 Å². The average molecular weight is 252 g/mol. The summed E-state index contributed by atoms with van der Waals surface area (Å²) in [6.07, 6.45) is 5.92. The van der Waals surface area contributed by atoms with E-state index >= 15 is 0 Å². The molecule has 4 heteroatoms. The van der Waals surface area contributed by atoms with Crippen molar-refractivity contribution >= 4 is 5.97 Å². The number of hydrogen-bond donors (Lipinski definition) is 1. The lowest BCUT2D eigenvalue weighted by Crippen LogP contribution is -2.16. The molecule has 0 spiro atoms. The minimum absolute atomic E-state index is 0.0303. The highest BCUT2D eigenvalue weighted by molar-refractivity contribution is 5.87. The zero-order chi connectivity index (χ0) is 13.0. The van der Waals surface area contributed by atoms with Gasteiger partial charge in [0.25, 0.3) is 0 Å². The molecule has 1 aromatic carbocycles. The summed E-state index contributed by atoms with van der Waals surface area (Å²) in [7, 11) is 0. The van der Waals surface area contributed by atoms with Crippen molar-refractivity contribution in [3.63, 3.8) is 0 Å². The minimum atomic E-state index is -1.12. The van der Waals surface area contributed by atoms with Gasteiger partial charge in [0.2, 0.25) is 0 Å². The summed E-state index contributed by atoms with van der Waals surface area (Å²) in [5.74, 6) is -1.65. The van der Waals surface area contributed by atoms with Crippen LogP contribution in [0, 0.1) is 5.82 Å². The lowest BCUT2D eigenvalue weighted by Gasteiger charge is -2.22. The van der Waals surface area contributed by atoms with E-state index in [2.05, 4.69) is 0 Å². The van der Waals surface area contributed by atoms with E-state index in [0.717, 1.165) is 18.9 Å². The SMILES string of the molecule is O=C(O)c1cc(F)cc(COC2CCCCC2)c1. The highest BCUT2D eigenvalue weighted by Gasteiger charge is 2.14. The van der Waals surface area contributed by atoms with Crippen molar-refractivity contribution in [3.8, 4) is 0 Å². The molecular formula is C14H17FO3. The summed E-state index contributed by atoms with van der Waals surface area (Å²) in [5.41, 5.74) is 0.551. The molecule has 0 radical (unpaired) electrons. The van der Waals surface area contributed by atoms with E-state index in [1.807, 2.05) is 0 Å². The van der Waals surface area contributed by atoms with E-state index in [1.165, 1.54) is 31.4 Å². The summed E-state index contributed by atoms with van der Waals surface area (Å²) < 4.78 is 18.9. The molecule has 0 aliphatic heterocycles. The fourth-order valence-corrected chi connectivity index (χ4v) is 2.30. The quantitative estimate of drug-likeness (QED) is 0.893. The van der Waals surface area contributed by atoms with Crippen LogP contribution in [0.15, 0.2) is 18.2 Å². The van der Waals surface area contributed by atoms with Gasteiger partial charge in [-0.3, -0.25) is 0 Å². The van der Waals surface area contributed by atoms with Crippen LogP contribution in [0.2, 0.25) is 0 Å². The van der Waals surface area contributed by atoms with Gasteiger partial charge in [-0.15, -0.1) is 0 Å². The minimum Gasteiger partial charge on any atom is -0.478 e. The Morgan fingerprint density at radius 3 is 2.67 bits per heavy atom. The summed E-state index contributed by atoms with van der Waals surface area (Å²) >= 11 is 0. The van der Waals surface area contributed by atoms with E-state index in [9.17, 15) is 9.18 Å². The van der Waals surface area contributed by atoms with Crippen LogP contribution in [0.4, 0.5) is 4.39 Å². The smallest absolute Gasteiger partial charge is 0.335 e. The second-order valence-electron chi connectivity index (χ2n) is 4.72. The van der Waals surface area contributed by atoms with Gasteiger partial charge in [0.05, 0.1) is 18.3 Å². The third kappa shape index (κ3) is 3.53. The van der Waals surface area contributed by atoms with E-state index in [1.54, 1.807) is 0 Å². The van der Waals surface area contributed by atoms with Gasteiger partial charge in [-0.2, -0.15) is 0 Å². The average Bonchev–Trinajstić information content (AvgIpc) is 2.37. The molecule has 1 fully saturated rings. The van der Waals surface area contributed by atoms with Gasteiger partial charge in [0.15, 0.2) is 0 Å². The Labute approximate surface area is 106 Å². The molecule has 2 rings (SSSR count). The molecule has 0 atom stereocenters. The molecule has 3 nitrogen and oxygen atoms in total. The Hall–Kier alpha value is -1.42. The van der Waals surface area contributed by atoms with Gasteiger partial charge in [-0.1, -0.05) is 19.3 Å². The van der Waals surface area contributed by atoms with E-state index in [4.69, 9.17) is 9.84 Å². The standard InChI is InChI=1S/C14H17FO3/c15-12-7-10(6-11(8-12)14(16)17)9-18-13-4-2-1-3-5-13/h6-8,13H,1-5,9H2,(H,16,17). The first-order valence-corrected chi connectivity index (χ1v) is 6.29. The molecule has 1 aliphatic carbocycles. The largest absolute Gasteiger partial charge is 0.478 e. The van der Waals surface area contributed by atoms with Gasteiger partial charge in [0, 0.05) is 0 Å². The van der Waals surface area contributed by atoms with Crippen LogP contribution in [-0.4, -0.2) is 17.2 Å². The first-order valence-electron chi connectivity index (χ1n) is 6.29. The number of carboxylic acids is 1. The first kappa shape index (κ1) is 13.0. The van der Waals surface area contributed by atoms with Crippen molar-refractivity contribution in [1.82, 2.24) is 0 Å². The Morgan fingerprint density at radius 1 is 1.28 bits per heavy atom. The van der Waals surface area contributed by atoms with Crippen LogP contribution in [0.25, 0.3) is 0 Å². The number of carboxylic acid groups (broad SMARTS) is 1. The maximum Gasteiger partial charge on any atom is 0.335 e. The topological polar surface area (TPSA) is 46.5 Å². The third-order valence-corrected chi connectivity index (χ3v) is 3.24. The molecule has 0 amide bonds. The van der Waals surface area contributed by atoms with Crippen molar-refractivity contribution in [2.24, 2.45) is 0 Å². The lowest BCUT2D eigenvalue weighted by atomic mass is 9.98. The molecule has 1 aromatic rings. The normalized spacial score (nSPS) is 16.7. The molecule has 0 heterocycles. The molecule has 1 N–H and O–H groups in total. The highest BCUT2D eigenvalue weighted by Crippen LogP contribution is 2.21. The predicted molar refractivity (Wildman–Crippen MR) is 65.0 cm³/mol. The molecule has 18 heavy (non-hydrogen) atoms. The Bertz CT molecular complexity index is 425. The summed E-state index contributed by atoms with van der Waals surface area (Å²) in [6.45, 7) is 0.280. The fraction of sp³-hybridized carbons (Fsp3) is 0.500. The van der Waals surface area contributed by atoms with Crippen molar-refractivity contribution < 1.29 is 19.0 Å².